The van der Waals surface area contributed by atoms with Gasteiger partial charge in [0.25, 0.3) is 0 Å². The number of hydrogen-bond donors (Lipinski definition) is 3. The van der Waals surface area contributed by atoms with Gasteiger partial charge in [-0.25, -0.2) is 9.97 Å². The lowest BCUT2D eigenvalue weighted by Gasteiger charge is -2.40. The van der Waals surface area contributed by atoms with Gasteiger partial charge in [-0.05, 0) is 19.2 Å². The summed E-state index contributed by atoms with van der Waals surface area (Å²) >= 11 is 0. The van der Waals surface area contributed by atoms with Gasteiger partial charge in [0.15, 0.2) is 5.69 Å². The topological polar surface area (TPSA) is 101 Å². The Morgan fingerprint density at radius 1 is 1.00 bits per heavy atom. The van der Waals surface area contributed by atoms with Gasteiger partial charge in [0, 0.05) is 39.3 Å². The molecule has 0 aromatic carbocycles. The maximum atomic E-state index is 12.9. The van der Waals surface area contributed by atoms with Gasteiger partial charge in [-0.1, -0.05) is 0 Å². The summed E-state index contributed by atoms with van der Waals surface area (Å²) in [5.41, 5.74) is -0.125. The Labute approximate surface area is 183 Å². The third-order valence-corrected chi connectivity index (χ3v) is 5.81. The summed E-state index contributed by atoms with van der Waals surface area (Å²) in [6.07, 6.45) is -3.37. The Morgan fingerprint density at radius 3 is 2.41 bits per heavy atom. The minimum absolute atomic E-state index is 0.128. The molecule has 3 atom stereocenters. The number of pyridine rings is 1. The molecule has 0 amide bonds. The van der Waals surface area contributed by atoms with Crippen LogP contribution in [0.2, 0.25) is 0 Å². The zero-order chi connectivity index (χ0) is 22.9. The van der Waals surface area contributed by atoms with Crippen LogP contribution < -0.4 is 15.1 Å². The zero-order valence-electron chi connectivity index (χ0n) is 17.6. The summed E-state index contributed by atoms with van der Waals surface area (Å²) in [4.78, 5) is 17.9. The van der Waals surface area contributed by atoms with Gasteiger partial charge in [-0.2, -0.15) is 13.2 Å². The van der Waals surface area contributed by atoms with Crippen molar-refractivity contribution < 1.29 is 23.4 Å². The predicted molar refractivity (Wildman–Crippen MR) is 113 cm³/mol. The molecule has 9 nitrogen and oxygen atoms in total. The van der Waals surface area contributed by atoms with Crippen LogP contribution in [0.15, 0.2) is 30.7 Å². The van der Waals surface area contributed by atoms with Crippen LogP contribution in [0.1, 0.15) is 5.69 Å². The van der Waals surface area contributed by atoms with Crippen LogP contribution in [0.25, 0.3) is 0 Å². The molecule has 32 heavy (non-hydrogen) atoms. The van der Waals surface area contributed by atoms with Crippen molar-refractivity contribution in [2.75, 3.05) is 61.4 Å². The molecule has 2 aromatic rings. The van der Waals surface area contributed by atoms with E-state index in [0.29, 0.717) is 12.0 Å². The molecule has 2 saturated heterocycles. The van der Waals surface area contributed by atoms with Crippen molar-refractivity contribution in [3.8, 4) is 0 Å². The second kappa shape index (κ2) is 9.04. The van der Waals surface area contributed by atoms with Gasteiger partial charge in [0.05, 0.1) is 36.4 Å². The minimum atomic E-state index is -4.63. The number of likely N-dealkylation sites (N-methyl/N-ethyl adjacent to an activating group) is 1. The maximum absolute atomic E-state index is 12.9. The van der Waals surface area contributed by atoms with Gasteiger partial charge in [0.1, 0.15) is 17.7 Å². The number of hydrogen-bond acceptors (Lipinski definition) is 9. The quantitative estimate of drug-likeness (QED) is 0.617. The number of halogens is 3. The standard InChI is InChI=1S/C20H26F3N7O2/c1-28-4-6-29(7-5-28)13-2-3-18(25-8-13)30-11-14(19(32)15(31)12-30)26-17-10-24-9-16(27-17)20(21,22)23/h2-3,8-10,14-15,19,31-32H,4-7,11-12H2,1H3,(H,26,27)/t14-,15-,19+/m0/s1. The minimum Gasteiger partial charge on any atom is -0.388 e. The SMILES string of the molecule is CN1CCN(c2ccc(N3C[C@H](Nc4cncc(C(F)(F)F)n4)[C@@H](O)[C@@H](O)C3)nc2)CC1. The number of aliphatic hydroxyl groups is 2. The maximum Gasteiger partial charge on any atom is 0.434 e. The van der Waals surface area contributed by atoms with Crippen molar-refractivity contribution in [2.24, 2.45) is 0 Å². The van der Waals surface area contributed by atoms with Gasteiger partial charge < -0.3 is 30.2 Å². The average Bonchev–Trinajstić information content (AvgIpc) is 2.77. The highest BCUT2D eigenvalue weighted by atomic mass is 19.4. The summed E-state index contributed by atoms with van der Waals surface area (Å²) in [5.74, 6) is 0.479. The first-order valence-corrected chi connectivity index (χ1v) is 10.4. The Hall–Kier alpha value is -2.70. The van der Waals surface area contributed by atoms with Crippen LogP contribution in [0.5, 0.6) is 0 Å². The van der Waals surface area contributed by atoms with Crippen molar-refractivity contribution in [1.29, 1.82) is 0 Å². The largest absolute Gasteiger partial charge is 0.434 e. The molecular formula is C20H26F3N7O2. The number of aromatic nitrogens is 3. The lowest BCUT2D eigenvalue weighted by Crippen LogP contribution is -2.58. The van der Waals surface area contributed by atoms with Crippen LogP contribution in [0.3, 0.4) is 0 Å². The Bertz CT molecular complexity index is 907. The van der Waals surface area contributed by atoms with Gasteiger partial charge in [-0.3, -0.25) is 4.98 Å². The number of piperazine rings is 1. The molecular weight excluding hydrogens is 427 g/mol. The highest BCUT2D eigenvalue weighted by molar-refractivity contribution is 5.52. The second-order valence-corrected chi connectivity index (χ2v) is 8.17. The summed E-state index contributed by atoms with van der Waals surface area (Å²) < 4.78 is 38.7. The number of nitrogens with zero attached hydrogens (tertiary/aromatic N) is 6. The molecule has 12 heteroatoms. The van der Waals surface area contributed by atoms with E-state index < -0.39 is 30.1 Å². The fourth-order valence-corrected chi connectivity index (χ4v) is 3.92. The number of alkyl halides is 3. The van der Waals surface area contributed by atoms with E-state index in [1.54, 1.807) is 11.1 Å². The molecule has 0 saturated carbocycles. The Morgan fingerprint density at radius 2 is 1.75 bits per heavy atom. The summed E-state index contributed by atoms with van der Waals surface area (Å²) in [6, 6.07) is 3.04. The van der Waals surface area contributed by atoms with Crippen molar-refractivity contribution in [3.05, 3.63) is 36.4 Å². The molecule has 174 valence electrons. The van der Waals surface area contributed by atoms with Crippen molar-refractivity contribution >= 4 is 17.3 Å². The first-order valence-electron chi connectivity index (χ1n) is 10.4. The van der Waals surface area contributed by atoms with Crippen LogP contribution in [-0.4, -0.2) is 94.6 Å². The van der Waals surface area contributed by atoms with Crippen molar-refractivity contribution in [2.45, 2.75) is 24.4 Å². The van der Waals surface area contributed by atoms with E-state index in [9.17, 15) is 23.4 Å². The molecule has 0 bridgehead atoms. The summed E-state index contributed by atoms with van der Waals surface area (Å²) in [6.45, 7) is 4.14. The highest BCUT2D eigenvalue weighted by Crippen LogP contribution is 2.28. The third kappa shape index (κ3) is 5.03. The van der Waals surface area contributed by atoms with E-state index in [-0.39, 0.29) is 18.9 Å². The van der Waals surface area contributed by atoms with Crippen LogP contribution in [0.4, 0.5) is 30.5 Å². The smallest absolute Gasteiger partial charge is 0.388 e. The molecule has 0 spiro atoms. The Kier molecular flexibility index (Phi) is 6.35. The number of rotatable bonds is 4. The molecule has 2 aliphatic rings. The van der Waals surface area contributed by atoms with E-state index in [0.717, 1.165) is 38.1 Å². The fraction of sp³-hybridized carbons (Fsp3) is 0.550. The fourth-order valence-electron chi connectivity index (χ4n) is 3.92. The number of aliphatic hydroxyl groups excluding tert-OH is 2. The molecule has 0 unspecified atom stereocenters. The molecule has 2 fully saturated rings. The molecule has 4 heterocycles. The molecule has 2 aliphatic heterocycles. The normalized spacial score (nSPS) is 25.1. The first kappa shape index (κ1) is 22.5. The number of piperidine rings is 1. The van der Waals surface area contributed by atoms with E-state index in [2.05, 4.69) is 37.1 Å². The molecule has 0 aliphatic carbocycles. The number of nitrogens with one attached hydrogen (secondary N) is 1. The van der Waals surface area contributed by atoms with Gasteiger partial charge in [-0.15, -0.1) is 0 Å². The lowest BCUT2D eigenvalue weighted by atomic mass is 9.99. The van der Waals surface area contributed by atoms with Crippen LogP contribution in [0, 0.1) is 0 Å². The van der Waals surface area contributed by atoms with E-state index in [1.165, 1.54) is 0 Å². The second-order valence-electron chi connectivity index (χ2n) is 8.17. The molecule has 3 N–H and O–H groups in total. The monoisotopic (exact) mass is 453 g/mol. The first-order chi connectivity index (χ1) is 15.2. The third-order valence-electron chi connectivity index (χ3n) is 5.81. The highest BCUT2D eigenvalue weighted by Gasteiger charge is 2.37. The van der Waals surface area contributed by atoms with Gasteiger partial charge in [0.2, 0.25) is 0 Å². The molecule has 4 rings (SSSR count). The summed E-state index contributed by atoms with van der Waals surface area (Å²) in [7, 11) is 2.09. The number of anilines is 3. The van der Waals surface area contributed by atoms with E-state index in [4.69, 9.17) is 0 Å². The van der Waals surface area contributed by atoms with E-state index >= 15 is 0 Å². The van der Waals surface area contributed by atoms with Crippen molar-refractivity contribution in [3.63, 3.8) is 0 Å². The van der Waals surface area contributed by atoms with Crippen LogP contribution in [-0.2, 0) is 6.18 Å². The lowest BCUT2D eigenvalue weighted by molar-refractivity contribution is -0.141. The Balaban J connectivity index is 1.46. The zero-order valence-corrected chi connectivity index (χ0v) is 17.6. The van der Waals surface area contributed by atoms with E-state index in [1.807, 2.05) is 12.1 Å². The molecule has 2 aromatic heterocycles. The van der Waals surface area contributed by atoms with Crippen LogP contribution >= 0.6 is 0 Å². The van der Waals surface area contributed by atoms with Crippen molar-refractivity contribution in [1.82, 2.24) is 19.9 Å². The van der Waals surface area contributed by atoms with Gasteiger partial charge >= 0.3 is 6.18 Å². The molecule has 0 radical (unpaired) electrons. The summed E-state index contributed by atoms with van der Waals surface area (Å²) in [5, 5.41) is 23.5. The predicted octanol–water partition coefficient (Wildman–Crippen LogP) is 0.665. The number of β-amino-alcohol motifs (C(OH)–C–C–N with tert-alkyl or cyclic N) is 1. The average molecular weight is 453 g/mol.